The Kier molecular flexibility index (Phi) is 5.11. The Morgan fingerprint density at radius 1 is 1.26 bits per heavy atom. The molecule has 2 atom stereocenters. The van der Waals surface area contributed by atoms with Crippen LogP contribution < -0.4 is 14.8 Å². The molecule has 0 saturated carbocycles. The second-order valence-electron chi connectivity index (χ2n) is 5.02. The van der Waals surface area contributed by atoms with Crippen molar-refractivity contribution in [2.24, 2.45) is 5.92 Å². The van der Waals surface area contributed by atoms with Crippen molar-refractivity contribution in [3.8, 4) is 11.5 Å². The van der Waals surface area contributed by atoms with E-state index in [2.05, 4.69) is 41.2 Å². The van der Waals surface area contributed by atoms with Crippen LogP contribution in [-0.2, 0) is 0 Å². The lowest BCUT2D eigenvalue weighted by molar-refractivity contribution is 0.296. The minimum atomic E-state index is 0.316. The molecule has 106 valence electrons. The summed E-state index contributed by atoms with van der Waals surface area (Å²) < 4.78 is 12.6. The summed E-state index contributed by atoms with van der Waals surface area (Å²) in [4.78, 5) is 0. The second kappa shape index (κ2) is 6.62. The van der Waals surface area contributed by atoms with Crippen molar-refractivity contribution in [3.05, 3.63) is 22.2 Å². The fraction of sp³-hybridized carbons (Fsp3) is 0.600. The molecule has 1 N–H and O–H groups in total. The highest BCUT2D eigenvalue weighted by molar-refractivity contribution is 9.10. The van der Waals surface area contributed by atoms with E-state index < -0.39 is 0 Å². The van der Waals surface area contributed by atoms with Crippen LogP contribution in [0.2, 0.25) is 0 Å². The van der Waals surface area contributed by atoms with E-state index in [-0.39, 0.29) is 0 Å². The number of ether oxygens (including phenoxy) is 2. The summed E-state index contributed by atoms with van der Waals surface area (Å²) in [5, 5.41) is 3.41. The molecule has 4 heteroatoms. The minimum absolute atomic E-state index is 0.316. The zero-order valence-electron chi connectivity index (χ0n) is 11.8. The first-order valence-corrected chi connectivity index (χ1v) is 7.73. The van der Waals surface area contributed by atoms with Crippen molar-refractivity contribution in [1.29, 1.82) is 0 Å². The lowest BCUT2D eigenvalue weighted by Crippen LogP contribution is -2.23. The highest BCUT2D eigenvalue weighted by Gasteiger charge is 2.22. The first-order chi connectivity index (χ1) is 9.17. The Morgan fingerprint density at radius 3 is 2.47 bits per heavy atom. The summed E-state index contributed by atoms with van der Waals surface area (Å²) >= 11 is 3.66. The quantitative estimate of drug-likeness (QED) is 0.909. The molecule has 1 heterocycles. The molecule has 2 unspecified atom stereocenters. The van der Waals surface area contributed by atoms with E-state index in [1.54, 1.807) is 0 Å². The van der Waals surface area contributed by atoms with Crippen LogP contribution in [0.4, 0.5) is 0 Å². The van der Waals surface area contributed by atoms with Gasteiger partial charge in [0, 0.05) is 16.9 Å². The predicted octanol–water partition coefficient (Wildman–Crippen LogP) is 3.92. The summed E-state index contributed by atoms with van der Waals surface area (Å²) in [5.41, 5.74) is 1.24. The van der Waals surface area contributed by atoms with Crippen molar-refractivity contribution in [2.75, 3.05) is 20.3 Å². The van der Waals surface area contributed by atoms with Gasteiger partial charge in [0.15, 0.2) is 11.5 Å². The smallest absolute Gasteiger partial charge is 0.162 e. The Hall–Kier alpha value is -0.740. The monoisotopic (exact) mass is 327 g/mol. The Bertz CT molecular complexity index is 436. The average molecular weight is 328 g/mol. The largest absolute Gasteiger partial charge is 0.490 e. The van der Waals surface area contributed by atoms with Gasteiger partial charge in [-0.05, 0) is 30.7 Å². The number of hydrogen-bond acceptors (Lipinski definition) is 3. The summed E-state index contributed by atoms with van der Waals surface area (Å²) in [7, 11) is 2.01. The molecule has 0 spiro atoms. The molecule has 19 heavy (non-hydrogen) atoms. The molecule has 1 aliphatic rings. The molecule has 0 bridgehead atoms. The van der Waals surface area contributed by atoms with Crippen molar-refractivity contribution in [3.63, 3.8) is 0 Å². The van der Waals surface area contributed by atoms with Gasteiger partial charge in [0.1, 0.15) is 0 Å². The van der Waals surface area contributed by atoms with Crippen LogP contribution in [0.5, 0.6) is 11.5 Å². The van der Waals surface area contributed by atoms with Gasteiger partial charge in [0.05, 0.1) is 13.2 Å². The summed E-state index contributed by atoms with van der Waals surface area (Å²) in [6, 6.07) is 4.46. The van der Waals surface area contributed by atoms with Gasteiger partial charge in [-0.1, -0.05) is 36.2 Å². The number of rotatable bonds is 4. The van der Waals surface area contributed by atoms with Crippen molar-refractivity contribution in [2.45, 2.75) is 32.7 Å². The van der Waals surface area contributed by atoms with E-state index in [0.717, 1.165) is 42.0 Å². The molecular formula is C15H22BrNO2. The molecular weight excluding hydrogens is 306 g/mol. The Labute approximate surface area is 123 Å². The maximum absolute atomic E-state index is 5.78. The third-order valence-corrected chi connectivity index (χ3v) is 4.41. The van der Waals surface area contributed by atoms with Gasteiger partial charge in [-0.3, -0.25) is 0 Å². The highest BCUT2D eigenvalue weighted by Crippen LogP contribution is 2.39. The third-order valence-electron chi connectivity index (χ3n) is 3.73. The van der Waals surface area contributed by atoms with Crippen LogP contribution in [0, 0.1) is 5.92 Å². The van der Waals surface area contributed by atoms with E-state index >= 15 is 0 Å². The van der Waals surface area contributed by atoms with Crippen LogP contribution in [0.3, 0.4) is 0 Å². The highest BCUT2D eigenvalue weighted by atomic mass is 79.9. The van der Waals surface area contributed by atoms with Crippen LogP contribution in [0.15, 0.2) is 16.6 Å². The van der Waals surface area contributed by atoms with Gasteiger partial charge >= 0.3 is 0 Å². The van der Waals surface area contributed by atoms with Crippen LogP contribution in [0.25, 0.3) is 0 Å². The van der Waals surface area contributed by atoms with E-state index in [1.807, 2.05) is 13.1 Å². The minimum Gasteiger partial charge on any atom is -0.490 e. The van der Waals surface area contributed by atoms with Gasteiger partial charge in [0.25, 0.3) is 0 Å². The summed E-state index contributed by atoms with van der Waals surface area (Å²) in [6.45, 7) is 5.92. The van der Waals surface area contributed by atoms with Crippen LogP contribution in [-0.4, -0.2) is 20.3 Å². The molecule has 0 fully saturated rings. The standard InChI is InChI=1S/C15H22BrNO2/c1-4-10(2)15(17-3)11-8-13-14(9-12(11)16)19-7-5-6-18-13/h8-10,15,17H,4-7H2,1-3H3. The Balaban J connectivity index is 2.37. The summed E-state index contributed by atoms with van der Waals surface area (Å²) in [6.07, 6.45) is 2.06. The first kappa shape index (κ1) is 14.7. The summed E-state index contributed by atoms with van der Waals surface area (Å²) in [5.74, 6) is 2.26. The van der Waals surface area contributed by atoms with Crippen molar-refractivity contribution >= 4 is 15.9 Å². The normalized spacial score (nSPS) is 17.7. The topological polar surface area (TPSA) is 30.5 Å². The van der Waals surface area contributed by atoms with E-state index in [1.165, 1.54) is 5.56 Å². The molecule has 2 rings (SSSR count). The van der Waals surface area contributed by atoms with Gasteiger partial charge in [-0.2, -0.15) is 0 Å². The second-order valence-corrected chi connectivity index (χ2v) is 5.88. The average Bonchev–Trinajstić information content (AvgIpc) is 2.64. The van der Waals surface area contributed by atoms with E-state index in [4.69, 9.17) is 9.47 Å². The molecule has 1 aliphatic heterocycles. The third kappa shape index (κ3) is 3.23. The zero-order chi connectivity index (χ0) is 13.8. The van der Waals surface area contributed by atoms with Gasteiger partial charge in [-0.25, -0.2) is 0 Å². The number of hydrogen-bond donors (Lipinski definition) is 1. The van der Waals surface area contributed by atoms with Crippen molar-refractivity contribution < 1.29 is 9.47 Å². The van der Waals surface area contributed by atoms with Gasteiger partial charge in [-0.15, -0.1) is 0 Å². The molecule has 1 aromatic carbocycles. The fourth-order valence-electron chi connectivity index (χ4n) is 2.42. The van der Waals surface area contributed by atoms with Crippen LogP contribution >= 0.6 is 15.9 Å². The van der Waals surface area contributed by atoms with E-state index in [0.29, 0.717) is 12.0 Å². The maximum Gasteiger partial charge on any atom is 0.162 e. The van der Waals surface area contributed by atoms with Crippen molar-refractivity contribution in [1.82, 2.24) is 5.32 Å². The number of benzene rings is 1. The van der Waals surface area contributed by atoms with Crippen LogP contribution in [0.1, 0.15) is 38.3 Å². The Morgan fingerprint density at radius 2 is 1.89 bits per heavy atom. The van der Waals surface area contributed by atoms with Gasteiger partial charge in [0.2, 0.25) is 0 Å². The lowest BCUT2D eigenvalue weighted by atomic mass is 9.92. The molecule has 0 aliphatic carbocycles. The molecule has 1 aromatic rings. The molecule has 0 aromatic heterocycles. The lowest BCUT2D eigenvalue weighted by Gasteiger charge is -2.25. The number of halogens is 1. The number of nitrogens with one attached hydrogen (secondary N) is 1. The van der Waals surface area contributed by atoms with E-state index in [9.17, 15) is 0 Å². The molecule has 3 nitrogen and oxygen atoms in total. The first-order valence-electron chi connectivity index (χ1n) is 6.93. The SMILES string of the molecule is CCC(C)C(NC)c1cc2c(cc1Br)OCCCO2. The molecule has 0 amide bonds. The molecule has 0 radical (unpaired) electrons. The predicted molar refractivity (Wildman–Crippen MR) is 81.0 cm³/mol. The molecule has 0 saturated heterocycles. The number of fused-ring (bicyclic) bond motifs is 1. The zero-order valence-corrected chi connectivity index (χ0v) is 13.4. The fourth-order valence-corrected chi connectivity index (χ4v) is 2.99. The van der Waals surface area contributed by atoms with Gasteiger partial charge < -0.3 is 14.8 Å². The maximum atomic E-state index is 5.78.